The smallest absolute Gasteiger partial charge is 0.150 e. The Morgan fingerprint density at radius 2 is 1.65 bits per heavy atom. The number of phenols is 1. The van der Waals surface area contributed by atoms with E-state index in [2.05, 4.69) is 37.5 Å². The molecule has 0 radical (unpaired) electrons. The van der Waals surface area contributed by atoms with Crippen LogP contribution in [0.1, 0.15) is 38.8 Å². The molecule has 0 aliphatic carbocycles. The first-order valence-corrected chi connectivity index (χ1v) is 7.63. The summed E-state index contributed by atoms with van der Waals surface area (Å²) < 4.78 is 0. The molecule has 4 heteroatoms. The zero-order valence-electron chi connectivity index (χ0n) is 14.0. The molecule has 0 saturated carbocycles. The van der Waals surface area contributed by atoms with Crippen LogP contribution < -0.4 is 0 Å². The van der Waals surface area contributed by atoms with Crippen LogP contribution in [0.25, 0.3) is 22.3 Å². The van der Waals surface area contributed by atoms with E-state index in [1.54, 1.807) is 0 Å². The van der Waals surface area contributed by atoms with Gasteiger partial charge in [0.05, 0.1) is 0 Å². The molecule has 0 aliphatic heterocycles. The van der Waals surface area contributed by atoms with Gasteiger partial charge in [-0.05, 0) is 47.7 Å². The number of allylic oxidation sites excluding steroid dienone is 1. The Morgan fingerprint density at radius 1 is 1.09 bits per heavy atom. The molecule has 1 heterocycles. The van der Waals surface area contributed by atoms with Gasteiger partial charge in [-0.25, -0.2) is 0 Å². The molecular weight excluding hydrogens is 286 g/mol. The maximum atomic E-state index is 10.7. The fourth-order valence-electron chi connectivity index (χ4n) is 2.50. The van der Waals surface area contributed by atoms with Crippen molar-refractivity contribution in [1.29, 1.82) is 0 Å². The van der Waals surface area contributed by atoms with Crippen LogP contribution in [0.5, 0.6) is 5.75 Å². The summed E-state index contributed by atoms with van der Waals surface area (Å²) in [6, 6.07) is 11.6. The number of rotatable bonds is 2. The normalized spacial score (nSPS) is 11.8. The highest BCUT2D eigenvalue weighted by molar-refractivity contribution is 5.75. The summed E-state index contributed by atoms with van der Waals surface area (Å²) in [7, 11) is 0. The van der Waals surface area contributed by atoms with Crippen LogP contribution in [0.15, 0.2) is 43.0 Å². The van der Waals surface area contributed by atoms with E-state index in [1.165, 1.54) is 4.80 Å². The summed E-state index contributed by atoms with van der Waals surface area (Å²) in [5.41, 5.74) is 4.76. The Bertz CT molecular complexity index is 868. The van der Waals surface area contributed by atoms with E-state index in [-0.39, 0.29) is 11.2 Å². The van der Waals surface area contributed by atoms with Crippen molar-refractivity contribution in [3.8, 4) is 11.4 Å². The van der Waals surface area contributed by atoms with Crippen molar-refractivity contribution in [3.05, 3.63) is 54.1 Å². The van der Waals surface area contributed by atoms with Crippen molar-refractivity contribution < 1.29 is 5.11 Å². The monoisotopic (exact) mass is 307 g/mol. The molecule has 0 unspecified atom stereocenters. The summed E-state index contributed by atoms with van der Waals surface area (Å²) in [4.78, 5) is 1.50. The zero-order chi connectivity index (χ0) is 16.8. The Morgan fingerprint density at radius 3 is 2.13 bits per heavy atom. The average Bonchev–Trinajstić information content (AvgIpc) is 2.89. The van der Waals surface area contributed by atoms with Crippen molar-refractivity contribution in [2.45, 2.75) is 33.1 Å². The Kier molecular flexibility index (Phi) is 3.48. The molecule has 0 spiro atoms. The number of aromatic nitrogens is 3. The van der Waals surface area contributed by atoms with Gasteiger partial charge in [-0.15, -0.1) is 15.0 Å². The van der Waals surface area contributed by atoms with E-state index in [1.807, 2.05) is 43.3 Å². The van der Waals surface area contributed by atoms with Crippen LogP contribution in [0.2, 0.25) is 0 Å². The standard InChI is InChI=1S/C19H21N3O/c1-12(2)14-10-13(19(3,4)5)11-17(18(14)23)22-20-15-8-6-7-9-16(15)21-22/h6-11,23H,1H2,2-5H3. The van der Waals surface area contributed by atoms with E-state index in [4.69, 9.17) is 0 Å². The SMILES string of the molecule is C=C(C)c1cc(C(C)(C)C)cc(-n2nc3ccccc3n2)c1O. The molecule has 0 fully saturated rings. The van der Waals surface area contributed by atoms with Crippen LogP contribution in [0.3, 0.4) is 0 Å². The lowest BCUT2D eigenvalue weighted by Gasteiger charge is -2.22. The third-order valence-corrected chi connectivity index (χ3v) is 3.92. The van der Waals surface area contributed by atoms with Crippen LogP contribution in [-0.4, -0.2) is 20.1 Å². The molecule has 2 aromatic carbocycles. The second-order valence-corrected chi connectivity index (χ2v) is 6.90. The van der Waals surface area contributed by atoms with Crippen LogP contribution in [-0.2, 0) is 5.41 Å². The van der Waals surface area contributed by atoms with Crippen molar-refractivity contribution in [1.82, 2.24) is 15.0 Å². The van der Waals surface area contributed by atoms with Gasteiger partial charge in [-0.1, -0.05) is 39.5 Å². The predicted molar refractivity (Wildman–Crippen MR) is 93.9 cm³/mol. The second-order valence-electron chi connectivity index (χ2n) is 6.90. The topological polar surface area (TPSA) is 50.9 Å². The van der Waals surface area contributed by atoms with E-state index >= 15 is 0 Å². The van der Waals surface area contributed by atoms with Crippen LogP contribution in [0, 0.1) is 0 Å². The van der Waals surface area contributed by atoms with E-state index < -0.39 is 0 Å². The van der Waals surface area contributed by atoms with Gasteiger partial charge in [-0.2, -0.15) is 0 Å². The zero-order valence-corrected chi connectivity index (χ0v) is 14.0. The molecule has 0 aliphatic rings. The minimum absolute atomic E-state index is 0.0563. The van der Waals surface area contributed by atoms with Gasteiger partial charge in [0.2, 0.25) is 0 Å². The number of phenolic OH excluding ortho intramolecular Hbond substituents is 1. The van der Waals surface area contributed by atoms with Gasteiger partial charge in [0.25, 0.3) is 0 Å². The first kappa shape index (κ1) is 15.3. The molecule has 0 saturated heterocycles. The van der Waals surface area contributed by atoms with Gasteiger partial charge in [-0.3, -0.25) is 0 Å². The summed E-state index contributed by atoms with van der Waals surface area (Å²) in [5, 5.41) is 19.6. The van der Waals surface area contributed by atoms with E-state index in [0.29, 0.717) is 5.69 Å². The minimum Gasteiger partial charge on any atom is -0.505 e. The number of fused-ring (bicyclic) bond motifs is 1. The highest BCUT2D eigenvalue weighted by Crippen LogP contribution is 2.36. The summed E-state index contributed by atoms with van der Waals surface area (Å²) in [5.74, 6) is 0.158. The Labute approximate surface area is 136 Å². The molecule has 3 aromatic rings. The van der Waals surface area contributed by atoms with Gasteiger partial charge in [0.1, 0.15) is 16.7 Å². The third kappa shape index (κ3) is 2.72. The quantitative estimate of drug-likeness (QED) is 0.760. The fraction of sp³-hybridized carbons (Fsp3) is 0.263. The highest BCUT2D eigenvalue weighted by atomic mass is 16.3. The van der Waals surface area contributed by atoms with Gasteiger partial charge >= 0.3 is 0 Å². The summed E-state index contributed by atoms with van der Waals surface area (Å²) in [6.45, 7) is 12.3. The largest absolute Gasteiger partial charge is 0.505 e. The lowest BCUT2D eigenvalue weighted by Crippen LogP contribution is -2.13. The number of hydrogen-bond donors (Lipinski definition) is 1. The Balaban J connectivity index is 2.28. The first-order valence-electron chi connectivity index (χ1n) is 7.63. The van der Waals surface area contributed by atoms with Gasteiger partial charge in [0, 0.05) is 5.56 Å². The first-order chi connectivity index (χ1) is 10.8. The number of benzene rings is 2. The van der Waals surface area contributed by atoms with Crippen molar-refractivity contribution in [2.24, 2.45) is 0 Å². The van der Waals surface area contributed by atoms with E-state index in [0.717, 1.165) is 27.7 Å². The van der Waals surface area contributed by atoms with Crippen molar-refractivity contribution in [2.75, 3.05) is 0 Å². The number of aromatic hydroxyl groups is 1. The molecule has 3 rings (SSSR count). The maximum absolute atomic E-state index is 10.7. The Hall–Kier alpha value is -2.62. The van der Waals surface area contributed by atoms with Gasteiger partial charge in [0.15, 0.2) is 5.75 Å². The number of hydrogen-bond acceptors (Lipinski definition) is 3. The van der Waals surface area contributed by atoms with Crippen molar-refractivity contribution in [3.63, 3.8) is 0 Å². The minimum atomic E-state index is -0.0563. The molecule has 0 amide bonds. The molecule has 4 nitrogen and oxygen atoms in total. The third-order valence-electron chi connectivity index (χ3n) is 3.92. The molecule has 23 heavy (non-hydrogen) atoms. The predicted octanol–water partition coefficient (Wildman–Crippen LogP) is 4.46. The molecular formula is C19H21N3O. The van der Waals surface area contributed by atoms with Crippen LogP contribution >= 0.6 is 0 Å². The maximum Gasteiger partial charge on any atom is 0.150 e. The second kappa shape index (κ2) is 5.23. The fourth-order valence-corrected chi connectivity index (χ4v) is 2.50. The van der Waals surface area contributed by atoms with Crippen molar-refractivity contribution >= 4 is 16.6 Å². The molecule has 1 aromatic heterocycles. The molecule has 118 valence electrons. The lowest BCUT2D eigenvalue weighted by molar-refractivity contribution is 0.464. The lowest BCUT2D eigenvalue weighted by atomic mass is 9.85. The van der Waals surface area contributed by atoms with Gasteiger partial charge < -0.3 is 5.11 Å². The average molecular weight is 307 g/mol. The number of nitrogens with zero attached hydrogens (tertiary/aromatic N) is 3. The molecule has 1 N–H and O–H groups in total. The highest BCUT2D eigenvalue weighted by Gasteiger charge is 2.21. The van der Waals surface area contributed by atoms with Crippen LogP contribution in [0.4, 0.5) is 0 Å². The summed E-state index contributed by atoms with van der Waals surface area (Å²) in [6.07, 6.45) is 0. The summed E-state index contributed by atoms with van der Waals surface area (Å²) >= 11 is 0. The van der Waals surface area contributed by atoms with E-state index in [9.17, 15) is 5.11 Å². The molecule has 0 bridgehead atoms. The molecule has 0 atom stereocenters.